The van der Waals surface area contributed by atoms with Crippen molar-refractivity contribution >= 4 is 50.1 Å². The molecule has 2 heterocycles. The van der Waals surface area contributed by atoms with Crippen molar-refractivity contribution in [1.29, 1.82) is 5.26 Å². The van der Waals surface area contributed by atoms with Crippen LogP contribution in [0.15, 0.2) is 51.7 Å². The first kappa shape index (κ1) is 20.1. The molecule has 0 amide bonds. The van der Waals surface area contributed by atoms with Gasteiger partial charge in [-0.15, -0.1) is 0 Å². The topological polar surface area (TPSA) is 87.4 Å². The standard InChI is InChI=1S/C22H15BrClN5O/c1-12-3-6-16(7-4-12)29-20(24)17(13(2)28-29)9-14(11-25)21-26-19-8-5-15(23)10-18(19)22(30)27-21/h3-10H,1-2H3,(H,26,27,30). The molecular formula is C22H15BrClN5O. The number of nitrogens with zero attached hydrogens (tertiary/aromatic N) is 4. The van der Waals surface area contributed by atoms with Crippen molar-refractivity contribution in [2.75, 3.05) is 0 Å². The number of aromatic nitrogens is 4. The van der Waals surface area contributed by atoms with Gasteiger partial charge in [-0.1, -0.05) is 45.2 Å². The minimum atomic E-state index is -0.324. The van der Waals surface area contributed by atoms with Gasteiger partial charge < -0.3 is 4.98 Å². The number of allylic oxidation sites excluding steroid dienone is 1. The third-order valence-electron chi connectivity index (χ3n) is 4.66. The summed E-state index contributed by atoms with van der Waals surface area (Å²) in [6.45, 7) is 3.81. The lowest BCUT2D eigenvalue weighted by atomic mass is 10.1. The van der Waals surface area contributed by atoms with E-state index in [1.54, 1.807) is 29.0 Å². The van der Waals surface area contributed by atoms with E-state index in [0.29, 0.717) is 27.3 Å². The molecule has 6 nitrogen and oxygen atoms in total. The van der Waals surface area contributed by atoms with Gasteiger partial charge in [-0.2, -0.15) is 10.4 Å². The maximum absolute atomic E-state index is 12.5. The molecule has 0 aliphatic carbocycles. The number of benzene rings is 2. The smallest absolute Gasteiger partial charge is 0.259 e. The number of hydrogen-bond acceptors (Lipinski definition) is 4. The Hall–Kier alpha value is -3.21. The number of rotatable bonds is 3. The van der Waals surface area contributed by atoms with Crippen LogP contribution in [0.25, 0.3) is 28.2 Å². The molecule has 0 atom stereocenters. The molecule has 0 saturated heterocycles. The Balaban J connectivity index is 1.83. The van der Waals surface area contributed by atoms with Gasteiger partial charge in [-0.3, -0.25) is 4.79 Å². The Labute approximate surface area is 185 Å². The minimum Gasteiger partial charge on any atom is -0.305 e. The van der Waals surface area contributed by atoms with Crippen LogP contribution >= 0.6 is 27.5 Å². The zero-order chi connectivity index (χ0) is 21.4. The molecule has 4 aromatic rings. The quantitative estimate of drug-likeness (QED) is 0.408. The number of fused-ring (bicyclic) bond motifs is 1. The summed E-state index contributed by atoms with van der Waals surface area (Å²) in [7, 11) is 0. The summed E-state index contributed by atoms with van der Waals surface area (Å²) in [5, 5.41) is 15.0. The van der Waals surface area contributed by atoms with Gasteiger partial charge in [-0.25, -0.2) is 9.67 Å². The molecule has 0 spiro atoms. The fraction of sp³-hybridized carbons (Fsp3) is 0.0909. The molecule has 0 aliphatic rings. The predicted molar refractivity (Wildman–Crippen MR) is 122 cm³/mol. The van der Waals surface area contributed by atoms with E-state index in [1.165, 1.54) is 0 Å². The van der Waals surface area contributed by atoms with Crippen molar-refractivity contribution in [3.63, 3.8) is 0 Å². The van der Waals surface area contributed by atoms with Gasteiger partial charge in [0.1, 0.15) is 11.2 Å². The van der Waals surface area contributed by atoms with Crippen molar-refractivity contribution in [3.8, 4) is 11.8 Å². The Morgan fingerprint density at radius 2 is 1.97 bits per heavy atom. The van der Waals surface area contributed by atoms with Crippen LogP contribution in [0, 0.1) is 25.2 Å². The average Bonchev–Trinajstić information content (AvgIpc) is 3.00. The number of aromatic amines is 1. The largest absolute Gasteiger partial charge is 0.305 e. The van der Waals surface area contributed by atoms with Crippen LogP contribution in [0.5, 0.6) is 0 Å². The molecule has 8 heteroatoms. The molecule has 148 valence electrons. The summed E-state index contributed by atoms with van der Waals surface area (Å²) in [5.74, 6) is 0.177. The molecule has 0 fully saturated rings. The highest BCUT2D eigenvalue weighted by Gasteiger charge is 2.16. The maximum atomic E-state index is 12.5. The van der Waals surface area contributed by atoms with E-state index in [4.69, 9.17) is 11.6 Å². The highest BCUT2D eigenvalue weighted by Crippen LogP contribution is 2.27. The van der Waals surface area contributed by atoms with Gasteiger partial charge >= 0.3 is 0 Å². The number of H-pyrrole nitrogens is 1. The van der Waals surface area contributed by atoms with Crippen LogP contribution in [-0.2, 0) is 0 Å². The van der Waals surface area contributed by atoms with Crippen LogP contribution in [-0.4, -0.2) is 19.7 Å². The van der Waals surface area contributed by atoms with Crippen molar-refractivity contribution in [2.24, 2.45) is 0 Å². The third kappa shape index (κ3) is 3.67. The Kier molecular flexibility index (Phi) is 5.29. The number of nitriles is 1. The van der Waals surface area contributed by atoms with Crippen LogP contribution in [0.3, 0.4) is 0 Å². The second-order valence-corrected chi connectivity index (χ2v) is 8.06. The SMILES string of the molecule is Cc1ccc(-n2nc(C)c(C=C(C#N)c3nc4ccc(Br)cc4c(=O)[nH]3)c2Cl)cc1. The summed E-state index contributed by atoms with van der Waals surface area (Å²) in [6.07, 6.45) is 1.60. The number of aryl methyl sites for hydroxylation is 2. The lowest BCUT2D eigenvalue weighted by molar-refractivity contribution is 0.863. The molecule has 0 radical (unpaired) electrons. The third-order valence-corrected chi connectivity index (χ3v) is 5.52. The van der Waals surface area contributed by atoms with E-state index in [1.807, 2.05) is 38.1 Å². The van der Waals surface area contributed by atoms with Crippen LogP contribution in [0.1, 0.15) is 22.6 Å². The number of nitrogens with one attached hydrogen (secondary N) is 1. The van der Waals surface area contributed by atoms with Gasteiger partial charge in [0.05, 0.1) is 27.9 Å². The second kappa shape index (κ2) is 7.90. The normalized spacial score (nSPS) is 11.6. The second-order valence-electron chi connectivity index (χ2n) is 6.78. The first-order valence-corrected chi connectivity index (χ1v) is 10.2. The van der Waals surface area contributed by atoms with Gasteiger partial charge in [0, 0.05) is 10.0 Å². The summed E-state index contributed by atoms with van der Waals surface area (Å²) < 4.78 is 2.39. The average molecular weight is 481 g/mol. The molecule has 0 bridgehead atoms. The van der Waals surface area contributed by atoms with Crippen molar-refractivity contribution < 1.29 is 0 Å². The van der Waals surface area contributed by atoms with Crippen molar-refractivity contribution in [1.82, 2.24) is 19.7 Å². The van der Waals surface area contributed by atoms with E-state index in [-0.39, 0.29) is 17.0 Å². The lowest BCUT2D eigenvalue weighted by Gasteiger charge is -2.04. The molecule has 2 aromatic carbocycles. The van der Waals surface area contributed by atoms with Crippen LogP contribution in [0.4, 0.5) is 0 Å². The van der Waals surface area contributed by atoms with E-state index in [2.05, 4.69) is 37.1 Å². The first-order chi connectivity index (χ1) is 14.4. The van der Waals surface area contributed by atoms with Crippen molar-refractivity contribution in [2.45, 2.75) is 13.8 Å². The Morgan fingerprint density at radius 1 is 1.23 bits per heavy atom. The van der Waals surface area contributed by atoms with E-state index in [9.17, 15) is 10.1 Å². The summed E-state index contributed by atoms with van der Waals surface area (Å²) in [4.78, 5) is 19.6. The number of hydrogen-bond donors (Lipinski definition) is 1. The molecule has 0 saturated carbocycles. The van der Waals surface area contributed by atoms with E-state index in [0.717, 1.165) is 15.7 Å². The predicted octanol–water partition coefficient (Wildman–Crippen LogP) is 5.21. The molecular weight excluding hydrogens is 466 g/mol. The molecule has 1 N–H and O–H groups in total. The fourth-order valence-corrected chi connectivity index (χ4v) is 3.76. The molecule has 2 aromatic heterocycles. The molecule has 30 heavy (non-hydrogen) atoms. The fourth-order valence-electron chi connectivity index (χ4n) is 3.07. The zero-order valence-electron chi connectivity index (χ0n) is 16.1. The van der Waals surface area contributed by atoms with E-state index >= 15 is 0 Å². The molecule has 0 aliphatic heterocycles. The van der Waals surface area contributed by atoms with Gasteiger partial charge in [-0.05, 0) is 50.3 Å². The minimum absolute atomic E-state index is 0.177. The van der Waals surface area contributed by atoms with Gasteiger partial charge in [0.15, 0.2) is 5.82 Å². The Bertz CT molecular complexity index is 1410. The lowest BCUT2D eigenvalue weighted by Crippen LogP contribution is -2.11. The summed E-state index contributed by atoms with van der Waals surface area (Å²) in [5.41, 5.74) is 3.55. The highest BCUT2D eigenvalue weighted by molar-refractivity contribution is 9.10. The highest BCUT2D eigenvalue weighted by atomic mass is 79.9. The number of halogens is 2. The summed E-state index contributed by atoms with van der Waals surface area (Å²) in [6, 6.07) is 15.1. The van der Waals surface area contributed by atoms with Crippen LogP contribution in [0.2, 0.25) is 5.15 Å². The zero-order valence-corrected chi connectivity index (χ0v) is 18.4. The molecule has 4 rings (SSSR count). The maximum Gasteiger partial charge on any atom is 0.259 e. The van der Waals surface area contributed by atoms with Crippen molar-refractivity contribution in [3.05, 3.63) is 85.1 Å². The van der Waals surface area contributed by atoms with E-state index < -0.39 is 0 Å². The van der Waals surface area contributed by atoms with Crippen LogP contribution < -0.4 is 5.56 Å². The first-order valence-electron chi connectivity index (χ1n) is 9.01. The van der Waals surface area contributed by atoms with Gasteiger partial charge in [0.25, 0.3) is 5.56 Å². The summed E-state index contributed by atoms with van der Waals surface area (Å²) >= 11 is 9.93. The monoisotopic (exact) mass is 479 g/mol. The van der Waals surface area contributed by atoms with Gasteiger partial charge in [0.2, 0.25) is 0 Å². The molecule has 0 unspecified atom stereocenters. The Morgan fingerprint density at radius 3 is 2.67 bits per heavy atom.